The quantitative estimate of drug-likeness (QED) is 0.876. The summed E-state index contributed by atoms with van der Waals surface area (Å²) in [7, 11) is -3.62. The molecule has 0 radical (unpaired) electrons. The predicted molar refractivity (Wildman–Crippen MR) is 69.8 cm³/mol. The first-order valence-electron chi connectivity index (χ1n) is 5.11. The molecule has 8 heteroatoms. The average molecular weight is 284 g/mol. The van der Waals surface area contributed by atoms with Crippen molar-refractivity contribution < 1.29 is 8.42 Å². The molecule has 96 valence electrons. The second-order valence-corrected chi connectivity index (χ2v) is 6.00. The Morgan fingerprint density at radius 2 is 2.00 bits per heavy atom. The minimum atomic E-state index is -3.62. The monoisotopic (exact) mass is 284 g/mol. The summed E-state index contributed by atoms with van der Waals surface area (Å²) in [6.45, 7) is 2.38. The van der Waals surface area contributed by atoms with Crippen LogP contribution in [0.2, 0.25) is 0 Å². The number of sulfonamides is 1. The van der Waals surface area contributed by atoms with Crippen LogP contribution in [0.4, 0.5) is 5.13 Å². The molecule has 0 fully saturated rings. The van der Waals surface area contributed by atoms with Gasteiger partial charge < -0.3 is 5.32 Å². The van der Waals surface area contributed by atoms with Crippen molar-refractivity contribution in [1.29, 1.82) is 0 Å². The van der Waals surface area contributed by atoms with Crippen molar-refractivity contribution in [3.05, 3.63) is 35.7 Å². The Morgan fingerprint density at radius 3 is 2.50 bits per heavy atom. The fourth-order valence-corrected chi connectivity index (χ4v) is 2.43. The van der Waals surface area contributed by atoms with Gasteiger partial charge in [-0.25, -0.2) is 18.5 Å². The number of primary sulfonamides is 1. The van der Waals surface area contributed by atoms with Gasteiger partial charge in [-0.1, -0.05) is 12.1 Å². The third kappa shape index (κ3) is 3.25. The van der Waals surface area contributed by atoms with Crippen LogP contribution in [0, 0.1) is 6.92 Å². The van der Waals surface area contributed by atoms with E-state index in [1.54, 1.807) is 12.1 Å². The Morgan fingerprint density at radius 1 is 1.33 bits per heavy atom. The summed E-state index contributed by atoms with van der Waals surface area (Å²) in [6.07, 6.45) is 0. The molecule has 1 aromatic heterocycles. The fourth-order valence-electron chi connectivity index (χ4n) is 1.34. The molecule has 0 aliphatic heterocycles. The standard InChI is InChI=1S/C10H12N4O2S2/c1-7-13-10(17-14-7)12-6-8-2-4-9(5-3-8)18(11,15)16/h2-5H,6H2,1H3,(H2,11,15,16)(H,12,13,14). The number of nitrogens with two attached hydrogens (primary N) is 1. The SMILES string of the molecule is Cc1nsc(NCc2ccc(S(N)(=O)=O)cc2)n1. The first kappa shape index (κ1) is 12.9. The van der Waals surface area contributed by atoms with Crippen LogP contribution in [0.25, 0.3) is 0 Å². The minimum absolute atomic E-state index is 0.109. The van der Waals surface area contributed by atoms with Gasteiger partial charge in [0.1, 0.15) is 5.82 Å². The summed E-state index contributed by atoms with van der Waals surface area (Å²) in [5.74, 6) is 0.729. The number of anilines is 1. The minimum Gasteiger partial charge on any atom is -0.356 e. The summed E-state index contributed by atoms with van der Waals surface area (Å²) < 4.78 is 26.2. The van der Waals surface area contributed by atoms with Crippen molar-refractivity contribution in [3.63, 3.8) is 0 Å². The number of aromatic nitrogens is 2. The number of nitrogens with one attached hydrogen (secondary N) is 1. The molecule has 0 saturated carbocycles. The van der Waals surface area contributed by atoms with Gasteiger partial charge in [0, 0.05) is 18.1 Å². The molecule has 0 atom stereocenters. The maximum atomic E-state index is 11.1. The van der Waals surface area contributed by atoms with Crippen LogP contribution in [-0.4, -0.2) is 17.8 Å². The maximum absolute atomic E-state index is 11.1. The molecule has 0 spiro atoms. The Labute approximate surface area is 109 Å². The van der Waals surface area contributed by atoms with Crippen molar-refractivity contribution >= 4 is 26.7 Å². The normalized spacial score (nSPS) is 11.4. The third-order valence-electron chi connectivity index (χ3n) is 2.22. The van der Waals surface area contributed by atoms with Crippen molar-refractivity contribution in [3.8, 4) is 0 Å². The molecule has 0 saturated heterocycles. The van der Waals surface area contributed by atoms with E-state index < -0.39 is 10.0 Å². The molecular weight excluding hydrogens is 272 g/mol. The van der Waals surface area contributed by atoms with Crippen LogP contribution in [0.3, 0.4) is 0 Å². The average Bonchev–Trinajstić information content (AvgIpc) is 2.72. The van der Waals surface area contributed by atoms with Crippen molar-refractivity contribution in [2.75, 3.05) is 5.32 Å². The summed E-state index contributed by atoms with van der Waals surface area (Å²) in [4.78, 5) is 4.27. The Hall–Kier alpha value is -1.51. The largest absolute Gasteiger partial charge is 0.356 e. The lowest BCUT2D eigenvalue weighted by molar-refractivity contribution is 0.598. The van der Waals surface area contributed by atoms with E-state index in [9.17, 15) is 8.42 Å². The van der Waals surface area contributed by atoms with E-state index in [2.05, 4.69) is 14.7 Å². The lowest BCUT2D eigenvalue weighted by Crippen LogP contribution is -2.12. The molecular formula is C10H12N4O2S2. The van der Waals surface area contributed by atoms with Gasteiger partial charge in [-0.3, -0.25) is 0 Å². The second kappa shape index (κ2) is 5.01. The molecule has 0 aliphatic carbocycles. The number of hydrogen-bond donors (Lipinski definition) is 2. The van der Waals surface area contributed by atoms with E-state index in [0.717, 1.165) is 16.5 Å². The van der Waals surface area contributed by atoms with E-state index in [-0.39, 0.29) is 4.90 Å². The highest BCUT2D eigenvalue weighted by atomic mass is 32.2. The molecule has 1 aromatic carbocycles. The summed E-state index contributed by atoms with van der Waals surface area (Å²) in [6, 6.07) is 6.39. The van der Waals surface area contributed by atoms with Crippen LogP contribution < -0.4 is 10.5 Å². The smallest absolute Gasteiger partial charge is 0.238 e. The highest BCUT2D eigenvalue weighted by molar-refractivity contribution is 7.89. The second-order valence-electron chi connectivity index (χ2n) is 3.69. The summed E-state index contributed by atoms with van der Waals surface area (Å²) in [5.41, 5.74) is 0.940. The van der Waals surface area contributed by atoms with Crippen LogP contribution in [0.5, 0.6) is 0 Å². The number of aryl methyl sites for hydroxylation is 1. The van der Waals surface area contributed by atoms with Gasteiger partial charge in [-0.05, 0) is 24.6 Å². The van der Waals surface area contributed by atoms with Gasteiger partial charge in [0.05, 0.1) is 4.90 Å². The van der Waals surface area contributed by atoms with Gasteiger partial charge in [0.15, 0.2) is 0 Å². The van der Waals surface area contributed by atoms with Crippen LogP contribution in [0.1, 0.15) is 11.4 Å². The lowest BCUT2D eigenvalue weighted by Gasteiger charge is -2.03. The van der Waals surface area contributed by atoms with Gasteiger partial charge in [0.2, 0.25) is 15.2 Å². The van der Waals surface area contributed by atoms with Crippen molar-refractivity contribution in [2.45, 2.75) is 18.4 Å². The van der Waals surface area contributed by atoms with Gasteiger partial charge in [-0.15, -0.1) is 0 Å². The topological polar surface area (TPSA) is 98.0 Å². The Bertz CT molecular complexity index is 634. The van der Waals surface area contributed by atoms with Gasteiger partial charge >= 0.3 is 0 Å². The number of nitrogens with zero attached hydrogens (tertiary/aromatic N) is 2. The van der Waals surface area contributed by atoms with E-state index in [0.29, 0.717) is 6.54 Å². The van der Waals surface area contributed by atoms with Crippen molar-refractivity contribution in [1.82, 2.24) is 9.36 Å². The Balaban J connectivity index is 2.03. The lowest BCUT2D eigenvalue weighted by atomic mass is 10.2. The molecule has 2 rings (SSSR count). The third-order valence-corrected chi connectivity index (χ3v) is 3.92. The number of hydrogen-bond acceptors (Lipinski definition) is 6. The predicted octanol–water partition coefficient (Wildman–Crippen LogP) is 1.11. The fraction of sp³-hybridized carbons (Fsp3) is 0.200. The molecule has 3 N–H and O–H groups in total. The molecule has 0 bridgehead atoms. The highest BCUT2D eigenvalue weighted by Gasteiger charge is 2.06. The zero-order valence-electron chi connectivity index (χ0n) is 9.62. The molecule has 0 amide bonds. The molecule has 2 aromatic rings. The Kier molecular flexibility index (Phi) is 3.60. The van der Waals surface area contributed by atoms with Crippen LogP contribution in [-0.2, 0) is 16.6 Å². The van der Waals surface area contributed by atoms with E-state index in [1.165, 1.54) is 23.7 Å². The van der Waals surface area contributed by atoms with Crippen LogP contribution in [0.15, 0.2) is 29.2 Å². The maximum Gasteiger partial charge on any atom is 0.238 e. The zero-order chi connectivity index (χ0) is 13.2. The zero-order valence-corrected chi connectivity index (χ0v) is 11.3. The molecule has 6 nitrogen and oxygen atoms in total. The number of benzene rings is 1. The molecule has 18 heavy (non-hydrogen) atoms. The molecule has 1 heterocycles. The van der Waals surface area contributed by atoms with E-state index in [4.69, 9.17) is 5.14 Å². The van der Waals surface area contributed by atoms with Crippen LogP contribution >= 0.6 is 11.5 Å². The molecule has 0 aliphatic rings. The van der Waals surface area contributed by atoms with E-state index in [1.807, 2.05) is 6.92 Å². The molecule has 0 unspecified atom stereocenters. The highest BCUT2D eigenvalue weighted by Crippen LogP contribution is 2.13. The first-order valence-corrected chi connectivity index (χ1v) is 7.43. The summed E-state index contributed by atoms with van der Waals surface area (Å²) >= 11 is 1.29. The van der Waals surface area contributed by atoms with Gasteiger partial charge in [-0.2, -0.15) is 4.37 Å². The number of rotatable bonds is 4. The van der Waals surface area contributed by atoms with Crippen molar-refractivity contribution in [2.24, 2.45) is 5.14 Å². The van der Waals surface area contributed by atoms with E-state index >= 15 is 0 Å². The summed E-state index contributed by atoms with van der Waals surface area (Å²) in [5, 5.41) is 8.86. The first-order chi connectivity index (χ1) is 8.45. The van der Waals surface area contributed by atoms with Gasteiger partial charge in [0.25, 0.3) is 0 Å².